The van der Waals surface area contributed by atoms with E-state index in [1.807, 2.05) is 116 Å². The van der Waals surface area contributed by atoms with Gasteiger partial charge in [0.15, 0.2) is 23.1 Å². The maximum atomic E-state index is 11.9. The molecule has 0 heterocycles. The number of ketones is 4. The zero-order valence-electron chi connectivity index (χ0n) is 51.0. The molecule has 0 saturated heterocycles. The Labute approximate surface area is 529 Å². The highest BCUT2D eigenvalue weighted by atomic mass is 16.2. The molecule has 10 aromatic carbocycles. The lowest BCUT2D eigenvalue weighted by Gasteiger charge is -2.06. The Bertz CT molecular complexity index is 4010. The SMILES string of the molecule is C/C=C\C(=O)c1ccc(-c2ccc(-c3ccc(C(=O)/C=C\O)cc3)cc2)cc1.C/C=C\C(=O)c1ccc(-c2ccc(C(=O)/C=C\O)cc2)cc1.[C-]#[N+]Cc1ccc(-c2ccc(-c3ccc(CC)cc3)cc2)cc1.[C-]#[N+]Cc1ccc(-c2ccc(CC)cc2)cc1. The number of hydrogen-bond donors (Lipinski definition) is 2. The molecule has 8 nitrogen and oxygen atoms in total. The highest BCUT2D eigenvalue weighted by Crippen LogP contribution is 2.29. The van der Waals surface area contributed by atoms with E-state index in [2.05, 4.69) is 121 Å². The number of aliphatic hydroxyl groups excluding tert-OH is 2. The third kappa shape index (κ3) is 19.2. The molecule has 8 heteroatoms. The molecule has 10 rings (SSSR count). The summed E-state index contributed by atoms with van der Waals surface area (Å²) in [5.74, 6) is -0.506. The second-order valence-corrected chi connectivity index (χ2v) is 20.7. The van der Waals surface area contributed by atoms with Gasteiger partial charge in [-0.3, -0.25) is 19.2 Å². The van der Waals surface area contributed by atoms with Gasteiger partial charge in [-0.25, -0.2) is 13.1 Å². The predicted octanol–water partition coefficient (Wildman–Crippen LogP) is 20.7. The number of benzene rings is 10. The maximum Gasteiger partial charge on any atom is 0.239 e. The van der Waals surface area contributed by atoms with E-state index < -0.39 is 0 Å². The van der Waals surface area contributed by atoms with Crippen molar-refractivity contribution in [3.63, 3.8) is 0 Å². The van der Waals surface area contributed by atoms with Crippen LogP contribution >= 0.6 is 0 Å². The van der Waals surface area contributed by atoms with E-state index in [1.165, 1.54) is 50.6 Å². The van der Waals surface area contributed by atoms with Crippen molar-refractivity contribution in [2.45, 2.75) is 53.6 Å². The molecule has 0 bridgehead atoms. The highest BCUT2D eigenvalue weighted by Gasteiger charge is 2.09. The average Bonchev–Trinajstić information content (AvgIpc) is 2.35. The maximum absolute atomic E-state index is 11.9. The summed E-state index contributed by atoms with van der Waals surface area (Å²) in [5, 5.41) is 17.3. The van der Waals surface area contributed by atoms with Crippen LogP contribution in [0.15, 0.2) is 292 Å². The normalized spacial score (nSPS) is 10.7. The molecule has 0 aliphatic heterocycles. The van der Waals surface area contributed by atoms with Crippen LogP contribution < -0.4 is 0 Å². The van der Waals surface area contributed by atoms with E-state index in [4.69, 9.17) is 23.4 Å². The Hall–Kier alpha value is -11.6. The van der Waals surface area contributed by atoms with E-state index in [0.29, 0.717) is 35.3 Å². The van der Waals surface area contributed by atoms with E-state index in [-0.39, 0.29) is 23.1 Å². The summed E-state index contributed by atoms with van der Waals surface area (Å²) >= 11 is 0. The zero-order valence-corrected chi connectivity index (χ0v) is 51.0. The van der Waals surface area contributed by atoms with Crippen LogP contribution in [0.2, 0.25) is 0 Å². The van der Waals surface area contributed by atoms with Crippen molar-refractivity contribution >= 4 is 23.1 Å². The van der Waals surface area contributed by atoms with Crippen molar-refractivity contribution in [3.8, 4) is 66.8 Å². The van der Waals surface area contributed by atoms with Gasteiger partial charge >= 0.3 is 0 Å². The molecule has 0 aliphatic rings. The summed E-state index contributed by atoms with van der Waals surface area (Å²) < 4.78 is 0. The smallest absolute Gasteiger partial charge is 0.239 e. The van der Waals surface area contributed by atoms with Gasteiger partial charge in [-0.15, -0.1) is 0 Å². The molecule has 0 radical (unpaired) electrons. The standard InChI is InChI=1S/C25H20O3.C22H19N.C19H16O3.C16H15N/c1-2-3-24(27)22-12-8-20(9-13-22)18-4-6-19(7-5-18)21-10-14-23(15-11-21)25(28)16-17-26;1-3-17-4-8-19(9-5-17)21-12-14-22(15-13-21)20-10-6-18(7-11-20)16-23-2;1-2-3-18(21)16-8-4-14(5-9-16)15-6-10-17(11-7-15)19(22)12-13-20;1-3-13-4-8-15(9-5-13)16-10-6-14(7-11-16)12-17-2/h2-17,26H,1H3;4-15H,3,16H2,1H3;2-13,20H,1H3;4-11H,3,12H2,1H3/b3-2-,17-16-;;3-2-,13-12-;. The van der Waals surface area contributed by atoms with Crippen LogP contribution in [-0.4, -0.2) is 33.3 Å². The largest absolute Gasteiger partial charge is 0.515 e. The molecule has 10 aromatic rings. The fourth-order valence-electron chi connectivity index (χ4n) is 9.49. The fraction of sp³-hybridized carbons (Fsp3) is 0.0976. The first-order valence-corrected chi connectivity index (χ1v) is 29.6. The first-order chi connectivity index (χ1) is 43.9. The van der Waals surface area contributed by atoms with Gasteiger partial charge in [0, 0.05) is 45.5 Å². The molecule has 0 atom stereocenters. The molecule has 0 fully saturated rings. The van der Waals surface area contributed by atoms with Crippen LogP contribution in [0.25, 0.3) is 76.5 Å². The van der Waals surface area contributed by atoms with Gasteiger partial charge in [-0.05, 0) is 117 Å². The van der Waals surface area contributed by atoms with Crippen LogP contribution in [0.3, 0.4) is 0 Å². The molecule has 0 spiro atoms. The average molecular weight is 1180 g/mol. The van der Waals surface area contributed by atoms with Crippen LogP contribution in [0.1, 0.15) is 91.4 Å². The predicted molar refractivity (Wildman–Crippen MR) is 368 cm³/mol. The summed E-state index contributed by atoms with van der Waals surface area (Å²) in [4.78, 5) is 53.7. The molecule has 0 saturated carbocycles. The Morgan fingerprint density at radius 3 is 0.622 bits per heavy atom. The number of carbonyl (C=O) groups is 4. The van der Waals surface area contributed by atoms with E-state index >= 15 is 0 Å². The minimum atomic E-state index is -0.249. The Kier molecular flexibility index (Phi) is 25.3. The summed E-state index contributed by atoms with van der Waals surface area (Å²) in [7, 11) is 0. The first-order valence-electron chi connectivity index (χ1n) is 29.6. The zero-order chi connectivity index (χ0) is 64.0. The molecule has 0 aromatic heterocycles. The third-order valence-corrected chi connectivity index (χ3v) is 14.7. The lowest BCUT2D eigenvalue weighted by Crippen LogP contribution is -1.94. The highest BCUT2D eigenvalue weighted by molar-refractivity contribution is 6.06. The summed E-state index contributed by atoms with van der Waals surface area (Å²) in [5.41, 5.74) is 20.6. The third-order valence-electron chi connectivity index (χ3n) is 14.7. The van der Waals surface area contributed by atoms with Crippen LogP contribution in [-0.2, 0) is 25.9 Å². The number of rotatable bonds is 18. The quantitative estimate of drug-likeness (QED) is 0.0382. The summed E-state index contributed by atoms with van der Waals surface area (Å²) in [6.45, 7) is 22.6. The monoisotopic (exact) mass is 1180 g/mol. The van der Waals surface area contributed by atoms with E-state index in [0.717, 1.165) is 82.0 Å². The number of hydrogen-bond acceptors (Lipinski definition) is 6. The molecular formula is C82H70N2O6. The summed E-state index contributed by atoms with van der Waals surface area (Å²) in [6.07, 6.45) is 12.4. The van der Waals surface area contributed by atoms with Crippen LogP contribution in [0.5, 0.6) is 0 Å². The lowest BCUT2D eigenvalue weighted by molar-refractivity contribution is 0.103. The van der Waals surface area contributed by atoms with Crippen molar-refractivity contribution in [1.29, 1.82) is 0 Å². The van der Waals surface area contributed by atoms with Gasteiger partial charge in [-0.2, -0.15) is 0 Å². The van der Waals surface area contributed by atoms with Crippen molar-refractivity contribution in [2.24, 2.45) is 0 Å². The number of allylic oxidation sites excluding steroid dienone is 6. The fourth-order valence-corrected chi connectivity index (χ4v) is 9.49. The Balaban J connectivity index is 0.000000173. The number of nitrogens with zero attached hydrogens (tertiary/aromatic N) is 2. The van der Waals surface area contributed by atoms with Crippen molar-refractivity contribution in [1.82, 2.24) is 0 Å². The minimum Gasteiger partial charge on any atom is -0.515 e. The molecule has 90 heavy (non-hydrogen) atoms. The van der Waals surface area contributed by atoms with Crippen LogP contribution in [0, 0.1) is 13.1 Å². The second-order valence-electron chi connectivity index (χ2n) is 20.7. The summed E-state index contributed by atoms with van der Waals surface area (Å²) in [6, 6.07) is 79.9. The number of aliphatic hydroxyl groups is 2. The molecule has 0 aliphatic carbocycles. The Morgan fingerprint density at radius 2 is 0.456 bits per heavy atom. The number of aryl methyl sites for hydroxylation is 2. The van der Waals surface area contributed by atoms with Crippen LogP contribution in [0.4, 0.5) is 0 Å². The topological polar surface area (TPSA) is 117 Å². The molecule has 444 valence electrons. The van der Waals surface area contributed by atoms with Crippen molar-refractivity contribution in [3.05, 3.63) is 359 Å². The van der Waals surface area contributed by atoms with Crippen molar-refractivity contribution in [2.75, 3.05) is 0 Å². The molecule has 2 N–H and O–H groups in total. The molecular weight excluding hydrogens is 1110 g/mol. The van der Waals surface area contributed by atoms with Gasteiger partial charge in [0.05, 0.1) is 12.5 Å². The molecule has 0 amide bonds. The lowest BCUT2D eigenvalue weighted by atomic mass is 9.98. The second kappa shape index (κ2) is 34.5. The minimum absolute atomic E-state index is 0.000746. The van der Waals surface area contributed by atoms with Crippen molar-refractivity contribution < 1.29 is 29.4 Å². The van der Waals surface area contributed by atoms with Gasteiger partial charge in [0.25, 0.3) is 0 Å². The van der Waals surface area contributed by atoms with Gasteiger partial charge in [0.2, 0.25) is 13.1 Å². The number of carbonyl (C=O) groups excluding carboxylic acids is 4. The Morgan fingerprint density at radius 1 is 0.289 bits per heavy atom. The van der Waals surface area contributed by atoms with Gasteiger partial charge < -0.3 is 19.9 Å². The first kappa shape index (κ1) is 66.0. The van der Waals surface area contributed by atoms with E-state index in [9.17, 15) is 19.2 Å². The molecule has 0 unspecified atom stereocenters. The van der Waals surface area contributed by atoms with Gasteiger partial charge in [0.1, 0.15) is 0 Å². The van der Waals surface area contributed by atoms with Gasteiger partial charge in [-0.1, -0.05) is 269 Å². The van der Waals surface area contributed by atoms with E-state index in [1.54, 1.807) is 61.5 Å².